The van der Waals surface area contributed by atoms with Crippen molar-refractivity contribution < 1.29 is 14.3 Å². The zero-order chi connectivity index (χ0) is 20.2. The average Bonchev–Trinajstić information content (AvgIpc) is 3.17. The Labute approximate surface area is 170 Å². The number of esters is 1. The monoisotopic (exact) mass is 391 g/mol. The molecule has 1 amide bonds. The molecule has 6 nitrogen and oxygen atoms in total. The zero-order valence-corrected chi connectivity index (χ0v) is 16.6. The van der Waals surface area contributed by atoms with Crippen molar-refractivity contribution in [2.75, 3.05) is 37.7 Å². The molecule has 0 saturated carbocycles. The number of ether oxygens (including phenoxy) is 1. The molecule has 1 aliphatic rings. The van der Waals surface area contributed by atoms with Gasteiger partial charge in [0.15, 0.2) is 0 Å². The number of amides is 1. The minimum absolute atomic E-state index is 0.142. The molecular weight excluding hydrogens is 366 g/mol. The number of carbonyl (C=O) groups excluding carboxylic acids is 2. The summed E-state index contributed by atoms with van der Waals surface area (Å²) in [5.74, 6) is -0.157. The predicted molar refractivity (Wildman–Crippen MR) is 113 cm³/mol. The van der Waals surface area contributed by atoms with Crippen LogP contribution in [0.5, 0.6) is 0 Å². The molecule has 0 radical (unpaired) electrons. The Kier molecular flexibility index (Phi) is 5.51. The fraction of sp³-hybridized carbons (Fsp3) is 0.304. The predicted octanol–water partition coefficient (Wildman–Crippen LogP) is 3.17. The number of anilines is 1. The Hall–Kier alpha value is -3.28. The molecule has 2 heterocycles. The minimum atomic E-state index is -0.299. The van der Waals surface area contributed by atoms with Gasteiger partial charge in [-0.15, -0.1) is 0 Å². The van der Waals surface area contributed by atoms with Crippen LogP contribution in [0.1, 0.15) is 17.3 Å². The fourth-order valence-corrected chi connectivity index (χ4v) is 3.76. The van der Waals surface area contributed by atoms with Crippen LogP contribution in [-0.2, 0) is 16.1 Å². The van der Waals surface area contributed by atoms with Crippen molar-refractivity contribution in [3.05, 3.63) is 66.4 Å². The van der Waals surface area contributed by atoms with E-state index in [-0.39, 0.29) is 11.9 Å². The number of nitrogens with zero attached hydrogens (tertiary/aromatic N) is 3. The van der Waals surface area contributed by atoms with Crippen LogP contribution in [0.25, 0.3) is 10.9 Å². The van der Waals surface area contributed by atoms with E-state index in [1.54, 1.807) is 19.1 Å². The highest BCUT2D eigenvalue weighted by atomic mass is 16.5. The van der Waals surface area contributed by atoms with Gasteiger partial charge in [0.25, 0.3) is 0 Å². The smallest absolute Gasteiger partial charge is 0.338 e. The van der Waals surface area contributed by atoms with Crippen molar-refractivity contribution in [2.24, 2.45) is 0 Å². The van der Waals surface area contributed by atoms with Crippen molar-refractivity contribution in [3.63, 3.8) is 0 Å². The first kappa shape index (κ1) is 19.1. The summed E-state index contributed by atoms with van der Waals surface area (Å²) in [4.78, 5) is 28.7. The fourth-order valence-electron chi connectivity index (χ4n) is 3.76. The molecule has 1 aliphatic heterocycles. The number of carbonyl (C=O) groups is 2. The minimum Gasteiger partial charge on any atom is -0.462 e. The molecule has 0 bridgehead atoms. The lowest BCUT2D eigenvalue weighted by Gasteiger charge is -2.36. The third-order valence-electron chi connectivity index (χ3n) is 5.36. The molecule has 0 atom stereocenters. The van der Waals surface area contributed by atoms with E-state index in [0.29, 0.717) is 31.8 Å². The standard InChI is InChI=1S/C23H25N3O3/c1-2-29-23(28)19-7-9-20(10-8-19)24-13-15-25(16-14-24)22(27)17-26-12-11-18-5-3-4-6-21(18)26/h3-12H,2,13-17H2,1H3. The zero-order valence-electron chi connectivity index (χ0n) is 16.6. The molecule has 150 valence electrons. The van der Waals surface area contributed by atoms with Gasteiger partial charge in [-0.2, -0.15) is 0 Å². The highest BCUT2D eigenvalue weighted by Gasteiger charge is 2.22. The van der Waals surface area contributed by atoms with Crippen molar-refractivity contribution in [3.8, 4) is 0 Å². The number of hydrogen-bond acceptors (Lipinski definition) is 4. The van der Waals surface area contributed by atoms with E-state index in [9.17, 15) is 9.59 Å². The van der Waals surface area contributed by atoms with Crippen molar-refractivity contribution in [2.45, 2.75) is 13.5 Å². The number of para-hydroxylation sites is 1. The van der Waals surface area contributed by atoms with E-state index in [1.165, 1.54) is 0 Å². The van der Waals surface area contributed by atoms with E-state index < -0.39 is 0 Å². The highest BCUT2D eigenvalue weighted by molar-refractivity contribution is 5.89. The molecule has 1 aromatic heterocycles. The molecule has 0 spiro atoms. The Morgan fingerprint density at radius 1 is 0.931 bits per heavy atom. The summed E-state index contributed by atoms with van der Waals surface area (Å²) in [6, 6.07) is 17.6. The van der Waals surface area contributed by atoms with E-state index in [1.807, 2.05) is 52.1 Å². The number of aromatic nitrogens is 1. The van der Waals surface area contributed by atoms with E-state index in [2.05, 4.69) is 11.0 Å². The molecule has 29 heavy (non-hydrogen) atoms. The Morgan fingerprint density at radius 2 is 1.66 bits per heavy atom. The van der Waals surface area contributed by atoms with Gasteiger partial charge in [-0.3, -0.25) is 4.79 Å². The summed E-state index contributed by atoms with van der Waals surface area (Å²) in [5.41, 5.74) is 2.70. The van der Waals surface area contributed by atoms with E-state index in [0.717, 1.165) is 29.7 Å². The number of rotatable bonds is 5. The summed E-state index contributed by atoms with van der Waals surface area (Å²) < 4.78 is 7.04. The Bertz CT molecular complexity index is 1000. The second kappa shape index (κ2) is 8.39. The quantitative estimate of drug-likeness (QED) is 0.627. The Morgan fingerprint density at radius 3 is 2.38 bits per heavy atom. The summed E-state index contributed by atoms with van der Waals surface area (Å²) >= 11 is 0. The maximum atomic E-state index is 12.8. The Balaban J connectivity index is 1.34. The summed E-state index contributed by atoms with van der Waals surface area (Å²) in [6.45, 7) is 5.46. The van der Waals surface area contributed by atoms with Crippen LogP contribution >= 0.6 is 0 Å². The second-order valence-corrected chi connectivity index (χ2v) is 7.14. The third kappa shape index (κ3) is 4.11. The molecular formula is C23H25N3O3. The van der Waals surface area contributed by atoms with Gasteiger partial charge in [-0.25, -0.2) is 4.79 Å². The lowest BCUT2D eigenvalue weighted by molar-refractivity contribution is -0.132. The van der Waals surface area contributed by atoms with E-state index >= 15 is 0 Å². The topological polar surface area (TPSA) is 54.8 Å². The maximum absolute atomic E-state index is 12.8. The molecule has 1 saturated heterocycles. The van der Waals surface area contributed by atoms with Crippen LogP contribution < -0.4 is 4.90 Å². The van der Waals surface area contributed by atoms with E-state index in [4.69, 9.17) is 4.74 Å². The largest absolute Gasteiger partial charge is 0.462 e. The van der Waals surface area contributed by atoms with Gasteiger partial charge >= 0.3 is 5.97 Å². The summed E-state index contributed by atoms with van der Waals surface area (Å²) in [5, 5.41) is 1.15. The third-order valence-corrected chi connectivity index (χ3v) is 5.36. The van der Waals surface area contributed by atoms with Crippen LogP contribution in [0.15, 0.2) is 60.8 Å². The first-order valence-electron chi connectivity index (χ1n) is 9.99. The molecule has 0 aliphatic carbocycles. The second-order valence-electron chi connectivity index (χ2n) is 7.14. The van der Waals surface area contributed by atoms with Gasteiger partial charge in [0.2, 0.25) is 5.91 Å². The SMILES string of the molecule is CCOC(=O)c1ccc(N2CCN(C(=O)Cn3ccc4ccccc43)CC2)cc1. The number of fused-ring (bicyclic) bond motifs is 1. The van der Waals surface area contributed by atoms with Gasteiger partial charge < -0.3 is 19.1 Å². The summed E-state index contributed by atoms with van der Waals surface area (Å²) in [6.07, 6.45) is 1.98. The van der Waals surface area contributed by atoms with Crippen LogP contribution in [0, 0.1) is 0 Å². The molecule has 0 unspecified atom stereocenters. The average molecular weight is 391 g/mol. The van der Waals surface area contributed by atoms with Gasteiger partial charge in [0, 0.05) is 43.6 Å². The molecule has 1 fully saturated rings. The van der Waals surface area contributed by atoms with Crippen molar-refractivity contribution in [1.29, 1.82) is 0 Å². The number of hydrogen-bond donors (Lipinski definition) is 0. The molecule has 3 aromatic rings. The molecule has 4 rings (SSSR count). The van der Waals surface area contributed by atoms with Crippen molar-refractivity contribution >= 4 is 28.5 Å². The number of benzene rings is 2. The molecule has 2 aromatic carbocycles. The van der Waals surface area contributed by atoms with Gasteiger partial charge in [0.1, 0.15) is 6.54 Å². The maximum Gasteiger partial charge on any atom is 0.338 e. The van der Waals surface area contributed by atoms with Gasteiger partial charge in [0.05, 0.1) is 12.2 Å². The molecule has 0 N–H and O–H groups in total. The van der Waals surface area contributed by atoms with Gasteiger partial charge in [-0.1, -0.05) is 18.2 Å². The van der Waals surface area contributed by atoms with Gasteiger partial charge in [-0.05, 0) is 48.7 Å². The normalized spacial score (nSPS) is 14.2. The highest BCUT2D eigenvalue weighted by Crippen LogP contribution is 2.19. The lowest BCUT2D eigenvalue weighted by Crippen LogP contribution is -2.49. The van der Waals surface area contributed by atoms with Crippen LogP contribution in [-0.4, -0.2) is 54.1 Å². The van der Waals surface area contributed by atoms with Crippen LogP contribution in [0.4, 0.5) is 5.69 Å². The van der Waals surface area contributed by atoms with Crippen LogP contribution in [0.2, 0.25) is 0 Å². The van der Waals surface area contributed by atoms with Crippen LogP contribution in [0.3, 0.4) is 0 Å². The number of piperazine rings is 1. The lowest BCUT2D eigenvalue weighted by atomic mass is 10.2. The van der Waals surface area contributed by atoms with Crippen molar-refractivity contribution in [1.82, 2.24) is 9.47 Å². The first-order valence-corrected chi connectivity index (χ1v) is 9.99. The summed E-state index contributed by atoms with van der Waals surface area (Å²) in [7, 11) is 0. The molecule has 6 heteroatoms. The first-order chi connectivity index (χ1) is 14.2.